The van der Waals surface area contributed by atoms with E-state index in [4.69, 9.17) is 11.6 Å². The summed E-state index contributed by atoms with van der Waals surface area (Å²) in [7, 11) is 0. The summed E-state index contributed by atoms with van der Waals surface area (Å²) in [6.45, 7) is 1.67. The predicted octanol–water partition coefficient (Wildman–Crippen LogP) is -2.97. The molecule has 0 aliphatic heterocycles. The van der Waals surface area contributed by atoms with Gasteiger partial charge < -0.3 is 30.1 Å². The highest BCUT2D eigenvalue weighted by molar-refractivity contribution is 6.30. The van der Waals surface area contributed by atoms with E-state index in [1.807, 2.05) is 36.5 Å². The molecular formula is C13H13Cl3N2-2. The number of hydrogen-bond acceptors (Lipinski definition) is 2. The largest absolute Gasteiger partial charge is 1.00 e. The summed E-state index contributed by atoms with van der Waals surface area (Å²) < 4.78 is 0. The molecule has 0 spiro atoms. The topological polar surface area (TPSA) is 24.9 Å². The Hall–Kier alpha value is -0.800. The Morgan fingerprint density at radius 1 is 0.944 bits per heavy atom. The standard InChI is InChI=1S/C13H13ClN2.2ClH/c14-13-5-3-11(4-6-13)8-16-10-12-2-1-7-15-9-12;;/h1-7,9,16H,8,10H2;2*1H/p-2. The Morgan fingerprint density at radius 2 is 1.61 bits per heavy atom. The summed E-state index contributed by atoms with van der Waals surface area (Å²) in [6, 6.07) is 11.9. The third-order valence-corrected chi connectivity index (χ3v) is 2.55. The molecule has 0 unspecified atom stereocenters. The van der Waals surface area contributed by atoms with Crippen molar-refractivity contribution < 1.29 is 24.8 Å². The third kappa shape index (κ3) is 5.69. The molecule has 0 aliphatic rings. The summed E-state index contributed by atoms with van der Waals surface area (Å²) >= 11 is 5.81. The van der Waals surface area contributed by atoms with Gasteiger partial charge in [0.25, 0.3) is 0 Å². The summed E-state index contributed by atoms with van der Waals surface area (Å²) in [6.07, 6.45) is 3.65. The molecule has 1 N–H and O–H groups in total. The van der Waals surface area contributed by atoms with Gasteiger partial charge in [0.15, 0.2) is 0 Å². The molecule has 0 radical (unpaired) electrons. The van der Waals surface area contributed by atoms with Gasteiger partial charge in [-0.3, -0.25) is 4.98 Å². The minimum absolute atomic E-state index is 0. The van der Waals surface area contributed by atoms with Crippen LogP contribution in [-0.4, -0.2) is 4.98 Å². The van der Waals surface area contributed by atoms with Gasteiger partial charge in [0, 0.05) is 30.5 Å². The van der Waals surface area contributed by atoms with Gasteiger partial charge in [0.05, 0.1) is 0 Å². The zero-order chi connectivity index (χ0) is 11.2. The van der Waals surface area contributed by atoms with Gasteiger partial charge in [-0.1, -0.05) is 29.8 Å². The summed E-state index contributed by atoms with van der Waals surface area (Å²) in [4.78, 5) is 4.06. The first-order valence-corrected chi connectivity index (χ1v) is 5.56. The molecule has 2 aromatic rings. The number of halogens is 3. The number of rotatable bonds is 4. The van der Waals surface area contributed by atoms with E-state index in [1.165, 1.54) is 11.1 Å². The van der Waals surface area contributed by atoms with E-state index in [-0.39, 0.29) is 24.8 Å². The molecule has 1 aromatic heterocycles. The fourth-order valence-electron chi connectivity index (χ4n) is 1.46. The van der Waals surface area contributed by atoms with E-state index in [2.05, 4.69) is 16.4 Å². The number of benzene rings is 1. The van der Waals surface area contributed by atoms with E-state index in [9.17, 15) is 0 Å². The minimum atomic E-state index is 0. The summed E-state index contributed by atoms with van der Waals surface area (Å²) in [5.41, 5.74) is 2.42. The molecule has 0 saturated carbocycles. The van der Waals surface area contributed by atoms with Crippen LogP contribution in [0.5, 0.6) is 0 Å². The third-order valence-electron chi connectivity index (χ3n) is 2.29. The highest BCUT2D eigenvalue weighted by Crippen LogP contribution is 2.09. The van der Waals surface area contributed by atoms with Crippen molar-refractivity contribution in [1.29, 1.82) is 0 Å². The zero-order valence-electron chi connectivity index (χ0n) is 9.61. The number of nitrogens with one attached hydrogen (secondary N) is 1. The maximum absolute atomic E-state index is 5.81. The average molecular weight is 304 g/mol. The van der Waals surface area contributed by atoms with Crippen molar-refractivity contribution >= 4 is 11.6 Å². The fourth-order valence-corrected chi connectivity index (χ4v) is 1.58. The van der Waals surface area contributed by atoms with Crippen LogP contribution in [0.2, 0.25) is 5.02 Å². The van der Waals surface area contributed by atoms with Crippen LogP contribution in [-0.2, 0) is 13.1 Å². The number of aromatic nitrogens is 1. The van der Waals surface area contributed by atoms with E-state index in [0.29, 0.717) is 0 Å². The lowest BCUT2D eigenvalue weighted by Crippen LogP contribution is -3.00. The Morgan fingerprint density at radius 3 is 2.22 bits per heavy atom. The monoisotopic (exact) mass is 302 g/mol. The first-order valence-electron chi connectivity index (χ1n) is 5.18. The molecule has 0 aliphatic carbocycles. The molecule has 98 valence electrons. The number of hydrogen-bond donors (Lipinski definition) is 1. The first kappa shape index (κ1) is 17.2. The summed E-state index contributed by atoms with van der Waals surface area (Å²) in [5, 5.41) is 4.13. The Labute approximate surface area is 125 Å². The average Bonchev–Trinajstić information content (AvgIpc) is 2.33. The van der Waals surface area contributed by atoms with Crippen LogP contribution in [0.1, 0.15) is 11.1 Å². The van der Waals surface area contributed by atoms with Gasteiger partial charge in [-0.25, -0.2) is 0 Å². The van der Waals surface area contributed by atoms with Crippen LogP contribution in [0.25, 0.3) is 0 Å². The maximum atomic E-state index is 5.81. The highest BCUT2D eigenvalue weighted by atomic mass is 35.5. The van der Waals surface area contributed by atoms with Crippen LogP contribution >= 0.6 is 11.6 Å². The van der Waals surface area contributed by atoms with Crippen molar-refractivity contribution in [2.75, 3.05) is 0 Å². The molecule has 0 bridgehead atoms. The van der Waals surface area contributed by atoms with Gasteiger partial charge in [0.1, 0.15) is 0 Å². The van der Waals surface area contributed by atoms with E-state index < -0.39 is 0 Å². The normalized spacial score (nSPS) is 9.17. The molecule has 0 fully saturated rings. The molecular weight excluding hydrogens is 291 g/mol. The van der Waals surface area contributed by atoms with Gasteiger partial charge in [-0.05, 0) is 29.3 Å². The second-order valence-corrected chi connectivity index (χ2v) is 4.03. The lowest BCUT2D eigenvalue weighted by Gasteiger charge is -2.04. The van der Waals surface area contributed by atoms with Crippen molar-refractivity contribution in [3.05, 3.63) is 64.9 Å². The molecule has 2 rings (SSSR count). The van der Waals surface area contributed by atoms with E-state index in [1.54, 1.807) is 6.20 Å². The van der Waals surface area contributed by atoms with Gasteiger partial charge in [-0.2, -0.15) is 0 Å². The first-order chi connectivity index (χ1) is 7.84. The molecule has 5 heteroatoms. The predicted molar refractivity (Wildman–Crippen MR) is 66.2 cm³/mol. The Kier molecular flexibility index (Phi) is 8.77. The van der Waals surface area contributed by atoms with Gasteiger partial charge >= 0.3 is 0 Å². The fraction of sp³-hybridized carbons (Fsp3) is 0.154. The smallest absolute Gasteiger partial charge is 0.0406 e. The van der Waals surface area contributed by atoms with Gasteiger partial charge in [-0.15, -0.1) is 0 Å². The minimum Gasteiger partial charge on any atom is -1.00 e. The van der Waals surface area contributed by atoms with Crippen LogP contribution in [0.15, 0.2) is 48.8 Å². The second kappa shape index (κ2) is 9.17. The molecule has 2 nitrogen and oxygen atoms in total. The number of nitrogens with zero attached hydrogens (tertiary/aromatic N) is 1. The molecule has 18 heavy (non-hydrogen) atoms. The lowest BCUT2D eigenvalue weighted by molar-refractivity contribution is -0.00100. The summed E-state index contributed by atoms with van der Waals surface area (Å²) in [5.74, 6) is 0. The van der Waals surface area contributed by atoms with Crippen LogP contribution in [0, 0.1) is 0 Å². The van der Waals surface area contributed by atoms with Crippen molar-refractivity contribution in [1.82, 2.24) is 10.3 Å². The van der Waals surface area contributed by atoms with Crippen molar-refractivity contribution in [3.8, 4) is 0 Å². The van der Waals surface area contributed by atoms with Gasteiger partial charge in [0.2, 0.25) is 0 Å². The Balaban J connectivity index is 0.00000144. The zero-order valence-corrected chi connectivity index (χ0v) is 11.9. The maximum Gasteiger partial charge on any atom is 0.0406 e. The van der Waals surface area contributed by atoms with Crippen molar-refractivity contribution in [2.45, 2.75) is 13.1 Å². The molecule has 1 heterocycles. The van der Waals surface area contributed by atoms with Crippen molar-refractivity contribution in [2.24, 2.45) is 0 Å². The van der Waals surface area contributed by atoms with E-state index >= 15 is 0 Å². The molecule has 0 atom stereocenters. The van der Waals surface area contributed by atoms with Crippen LogP contribution in [0.3, 0.4) is 0 Å². The second-order valence-electron chi connectivity index (χ2n) is 3.59. The lowest BCUT2D eigenvalue weighted by atomic mass is 10.2. The molecule has 0 amide bonds. The quantitative estimate of drug-likeness (QED) is 0.653. The molecule has 1 aromatic carbocycles. The van der Waals surface area contributed by atoms with Crippen LogP contribution in [0.4, 0.5) is 0 Å². The van der Waals surface area contributed by atoms with E-state index in [0.717, 1.165) is 18.1 Å². The molecule has 0 saturated heterocycles. The van der Waals surface area contributed by atoms with Crippen LogP contribution < -0.4 is 30.1 Å². The SMILES string of the molecule is Clc1ccc(CNCc2cccnc2)cc1.[Cl-].[Cl-]. The Bertz CT molecular complexity index is 432. The number of pyridine rings is 1. The van der Waals surface area contributed by atoms with Crippen molar-refractivity contribution in [3.63, 3.8) is 0 Å². The highest BCUT2D eigenvalue weighted by Gasteiger charge is 1.94.